The molecular weight excluding hydrogens is 340 g/mol. The van der Waals surface area contributed by atoms with E-state index >= 15 is 0 Å². The van der Waals surface area contributed by atoms with Gasteiger partial charge >= 0.3 is 6.09 Å². The minimum absolute atomic E-state index is 0.142. The number of ether oxygens (including phenoxy) is 1. The van der Waals surface area contributed by atoms with Crippen LogP contribution in [0.2, 0.25) is 0 Å². The second-order valence-corrected chi connectivity index (χ2v) is 6.12. The van der Waals surface area contributed by atoms with Crippen LogP contribution >= 0.6 is 15.9 Å². The fourth-order valence-electron chi connectivity index (χ4n) is 2.47. The van der Waals surface area contributed by atoms with Crippen molar-refractivity contribution in [2.45, 2.75) is 31.5 Å². The first-order chi connectivity index (χ1) is 9.87. The van der Waals surface area contributed by atoms with Crippen molar-refractivity contribution < 1.29 is 19.7 Å². The fourth-order valence-corrected chi connectivity index (χ4v) is 3.14. The molecule has 1 aromatic heterocycles. The number of halogens is 1. The van der Waals surface area contributed by atoms with Crippen molar-refractivity contribution in [3.05, 3.63) is 28.0 Å². The van der Waals surface area contributed by atoms with Crippen LogP contribution in [-0.2, 0) is 10.3 Å². The molecule has 21 heavy (non-hydrogen) atoms. The topological polar surface area (TPSA) is 82.9 Å². The summed E-state index contributed by atoms with van der Waals surface area (Å²) in [6, 6.07) is 1.84. The summed E-state index contributed by atoms with van der Waals surface area (Å²) in [6.45, 7) is 2.53. The molecule has 0 saturated carbocycles. The van der Waals surface area contributed by atoms with Gasteiger partial charge < -0.3 is 19.8 Å². The molecule has 0 radical (unpaired) electrons. The molecule has 1 aromatic rings. The second kappa shape index (κ2) is 6.29. The maximum atomic E-state index is 10.9. The molecule has 0 aliphatic carbocycles. The monoisotopic (exact) mass is 358 g/mol. The Kier molecular flexibility index (Phi) is 4.85. The third kappa shape index (κ3) is 3.36. The molecule has 0 bridgehead atoms. The van der Waals surface area contributed by atoms with Crippen molar-refractivity contribution in [3.8, 4) is 0 Å². The first-order valence-electron chi connectivity index (χ1n) is 6.76. The van der Waals surface area contributed by atoms with E-state index in [-0.39, 0.29) is 6.10 Å². The molecule has 7 heteroatoms. The Hall–Kier alpha value is -1.18. The van der Waals surface area contributed by atoms with Crippen molar-refractivity contribution in [3.63, 3.8) is 0 Å². The van der Waals surface area contributed by atoms with Crippen LogP contribution in [-0.4, -0.2) is 46.4 Å². The lowest BCUT2D eigenvalue weighted by Gasteiger charge is -2.37. The smallest absolute Gasteiger partial charge is 0.407 e. The predicted octanol–water partition coefficient (Wildman–Crippen LogP) is 2.51. The number of piperidine rings is 1. The summed E-state index contributed by atoms with van der Waals surface area (Å²) in [5.41, 5.74) is 0.440. The first-order valence-corrected chi connectivity index (χ1v) is 7.55. The molecule has 1 saturated heterocycles. The Morgan fingerprint density at radius 2 is 2.14 bits per heavy atom. The van der Waals surface area contributed by atoms with Gasteiger partial charge in [-0.3, -0.25) is 4.98 Å². The van der Waals surface area contributed by atoms with Crippen molar-refractivity contribution in [1.29, 1.82) is 0 Å². The highest BCUT2D eigenvalue weighted by Gasteiger charge is 2.36. The van der Waals surface area contributed by atoms with Crippen LogP contribution in [0.1, 0.15) is 37.1 Å². The molecule has 1 aliphatic heterocycles. The Morgan fingerprint density at radius 3 is 2.62 bits per heavy atom. The summed E-state index contributed by atoms with van der Waals surface area (Å²) in [4.78, 5) is 16.6. The van der Waals surface area contributed by atoms with E-state index < -0.39 is 11.7 Å². The fraction of sp³-hybridized carbons (Fsp3) is 0.571. The number of rotatable bonds is 3. The molecule has 2 N–H and O–H groups in total. The third-order valence-electron chi connectivity index (χ3n) is 4.01. The maximum absolute atomic E-state index is 10.9. The highest BCUT2D eigenvalue weighted by molar-refractivity contribution is 9.10. The van der Waals surface area contributed by atoms with Gasteiger partial charge in [0.1, 0.15) is 0 Å². The normalized spacial score (nSPS) is 19.3. The molecule has 1 aliphatic rings. The van der Waals surface area contributed by atoms with Crippen molar-refractivity contribution in [2.24, 2.45) is 0 Å². The van der Waals surface area contributed by atoms with E-state index in [2.05, 4.69) is 20.9 Å². The van der Waals surface area contributed by atoms with Crippen molar-refractivity contribution in [1.82, 2.24) is 9.88 Å². The molecular formula is C14H19BrN2O4. The minimum atomic E-state index is -1.03. The largest absolute Gasteiger partial charge is 0.465 e. The zero-order valence-electron chi connectivity index (χ0n) is 12.0. The first kappa shape index (κ1) is 16.2. The van der Waals surface area contributed by atoms with Gasteiger partial charge in [0.2, 0.25) is 0 Å². The van der Waals surface area contributed by atoms with Gasteiger partial charge in [-0.15, -0.1) is 0 Å². The van der Waals surface area contributed by atoms with Crippen LogP contribution in [0.3, 0.4) is 0 Å². The predicted molar refractivity (Wildman–Crippen MR) is 80.1 cm³/mol. The van der Waals surface area contributed by atoms with Gasteiger partial charge in [0.15, 0.2) is 0 Å². The number of aliphatic hydroxyl groups is 1. The van der Waals surface area contributed by atoms with Crippen LogP contribution in [0.5, 0.6) is 0 Å². The van der Waals surface area contributed by atoms with Gasteiger partial charge in [-0.1, -0.05) is 0 Å². The van der Waals surface area contributed by atoms with E-state index in [9.17, 15) is 9.90 Å². The number of nitrogens with zero attached hydrogens (tertiary/aromatic N) is 2. The van der Waals surface area contributed by atoms with E-state index in [0.29, 0.717) is 31.5 Å². The summed E-state index contributed by atoms with van der Waals surface area (Å²) in [6.07, 6.45) is 1.29. The highest BCUT2D eigenvalue weighted by Crippen LogP contribution is 2.35. The van der Waals surface area contributed by atoms with E-state index in [1.165, 1.54) is 4.90 Å². The average Bonchev–Trinajstić information content (AvgIpc) is 2.46. The summed E-state index contributed by atoms with van der Waals surface area (Å²) >= 11 is 3.46. The van der Waals surface area contributed by atoms with Crippen LogP contribution < -0.4 is 0 Å². The lowest BCUT2D eigenvalue weighted by Crippen LogP contribution is -2.44. The number of aromatic nitrogens is 1. The molecule has 2 heterocycles. The van der Waals surface area contributed by atoms with Crippen LogP contribution in [0.15, 0.2) is 16.7 Å². The number of amides is 1. The van der Waals surface area contributed by atoms with E-state index in [1.807, 2.05) is 13.0 Å². The minimum Gasteiger partial charge on any atom is -0.465 e. The van der Waals surface area contributed by atoms with Gasteiger partial charge in [0.25, 0.3) is 0 Å². The molecule has 2 rings (SSSR count). The van der Waals surface area contributed by atoms with Crippen LogP contribution in [0.4, 0.5) is 4.79 Å². The zero-order chi connectivity index (χ0) is 15.6. The molecule has 116 valence electrons. The number of carbonyl (C=O) groups is 1. The summed E-state index contributed by atoms with van der Waals surface area (Å²) < 4.78 is 6.02. The second-order valence-electron chi connectivity index (χ2n) is 5.27. The Bertz CT molecular complexity index is 530. The lowest BCUT2D eigenvalue weighted by atomic mass is 9.85. The van der Waals surface area contributed by atoms with Crippen molar-refractivity contribution >= 4 is 22.0 Å². The number of methoxy groups -OCH3 is 1. The number of pyridine rings is 1. The van der Waals surface area contributed by atoms with Gasteiger partial charge in [0, 0.05) is 36.4 Å². The maximum Gasteiger partial charge on any atom is 0.407 e. The van der Waals surface area contributed by atoms with Gasteiger partial charge in [-0.2, -0.15) is 0 Å². The van der Waals surface area contributed by atoms with Gasteiger partial charge in [-0.05, 0) is 41.8 Å². The van der Waals surface area contributed by atoms with Gasteiger partial charge in [0.05, 0.1) is 17.4 Å². The Labute approximate surface area is 131 Å². The molecule has 1 amide bonds. The molecule has 6 nitrogen and oxygen atoms in total. The third-order valence-corrected chi connectivity index (χ3v) is 4.64. The Balaban J connectivity index is 2.19. The molecule has 0 spiro atoms. The molecule has 1 fully saturated rings. The number of hydrogen-bond acceptors (Lipinski definition) is 4. The molecule has 0 aromatic carbocycles. The Morgan fingerprint density at radius 1 is 1.52 bits per heavy atom. The summed E-state index contributed by atoms with van der Waals surface area (Å²) in [5.74, 6) is 0. The van der Waals surface area contributed by atoms with E-state index in [1.54, 1.807) is 13.3 Å². The van der Waals surface area contributed by atoms with Crippen molar-refractivity contribution in [2.75, 3.05) is 20.2 Å². The van der Waals surface area contributed by atoms with Gasteiger partial charge in [-0.25, -0.2) is 4.79 Å². The molecule has 1 atom stereocenters. The standard InChI is InChI=1S/C14H19BrN2O4/c1-9(21-2)12-11(15)7-10(8-16-12)14(20)3-5-17(6-4-14)13(18)19/h7-9,20H,3-6H2,1-2H3,(H,18,19). The van der Waals surface area contributed by atoms with E-state index in [4.69, 9.17) is 9.84 Å². The van der Waals surface area contributed by atoms with Crippen LogP contribution in [0.25, 0.3) is 0 Å². The lowest BCUT2D eigenvalue weighted by molar-refractivity contribution is -0.0217. The number of carboxylic acid groups (broad SMARTS) is 1. The number of hydrogen-bond donors (Lipinski definition) is 2. The highest BCUT2D eigenvalue weighted by atomic mass is 79.9. The summed E-state index contributed by atoms with van der Waals surface area (Å²) in [5, 5.41) is 19.7. The SMILES string of the molecule is COC(C)c1ncc(C2(O)CCN(C(=O)O)CC2)cc1Br. The van der Waals surface area contributed by atoms with Crippen LogP contribution in [0, 0.1) is 0 Å². The van der Waals surface area contributed by atoms with E-state index in [0.717, 1.165) is 10.2 Å². The average molecular weight is 359 g/mol. The quantitative estimate of drug-likeness (QED) is 0.867. The number of likely N-dealkylation sites (tertiary alicyclic amines) is 1. The molecule has 1 unspecified atom stereocenters. The summed E-state index contributed by atoms with van der Waals surface area (Å²) in [7, 11) is 1.61. The zero-order valence-corrected chi connectivity index (χ0v) is 13.6.